The third-order valence-corrected chi connectivity index (χ3v) is 19.5. The Balaban J connectivity index is 0.00000111. The Morgan fingerprint density at radius 1 is 1.00 bits per heavy atom. The van der Waals surface area contributed by atoms with E-state index < -0.39 is 17.1 Å². The van der Waals surface area contributed by atoms with Crippen molar-refractivity contribution in [2.45, 2.75) is 181 Å². The van der Waals surface area contributed by atoms with Crippen molar-refractivity contribution in [1.82, 2.24) is 39.8 Å². The summed E-state index contributed by atoms with van der Waals surface area (Å²) in [5.74, 6) is -0.176. The van der Waals surface area contributed by atoms with E-state index in [0.29, 0.717) is 69.4 Å². The number of nitrogens with two attached hydrogens (primary N) is 1. The van der Waals surface area contributed by atoms with Crippen molar-refractivity contribution in [3.8, 4) is 11.3 Å². The van der Waals surface area contributed by atoms with E-state index in [0.717, 1.165) is 136 Å². The molecule has 1 aromatic carbocycles. The molecule has 7 heterocycles. The van der Waals surface area contributed by atoms with Gasteiger partial charge in [0.1, 0.15) is 11.7 Å². The summed E-state index contributed by atoms with van der Waals surface area (Å²) < 4.78 is 18.9. The van der Waals surface area contributed by atoms with Crippen LogP contribution in [0.1, 0.15) is 143 Å². The summed E-state index contributed by atoms with van der Waals surface area (Å²) in [5, 5.41) is 18.3. The number of hydrogen-bond donors (Lipinski definition) is 4. The van der Waals surface area contributed by atoms with Crippen LogP contribution in [0.25, 0.3) is 22.2 Å². The maximum Gasteiger partial charge on any atom is 0.293 e. The Morgan fingerprint density at radius 3 is 2.33 bits per heavy atom. The molecule has 5 N–H and O–H groups in total. The summed E-state index contributed by atoms with van der Waals surface area (Å²) in [6.07, 6.45) is 17.7. The molecule has 2 aromatic heterocycles. The first kappa shape index (κ1) is 63.8. The van der Waals surface area contributed by atoms with Crippen LogP contribution >= 0.6 is 0 Å². The molecule has 466 valence electrons. The number of anilines is 2. The number of aliphatic hydroxyl groups excluding tert-OH is 1. The molecule has 7 aliphatic rings. The predicted octanol–water partition coefficient (Wildman–Crippen LogP) is 7.34. The van der Waals surface area contributed by atoms with E-state index in [1.54, 1.807) is 12.0 Å². The average molecular weight is 1160 g/mol. The van der Waals surface area contributed by atoms with Crippen molar-refractivity contribution in [3.05, 3.63) is 53.9 Å². The van der Waals surface area contributed by atoms with E-state index in [2.05, 4.69) is 112 Å². The molecule has 1 spiro atoms. The minimum atomic E-state index is -0.946. The number of benzene rings is 1. The maximum atomic E-state index is 14.8. The Labute approximate surface area is 502 Å². The molecular weight excluding hydrogens is 1060 g/mol. The smallest absolute Gasteiger partial charge is 0.293 e. The van der Waals surface area contributed by atoms with Gasteiger partial charge < -0.3 is 55.0 Å². The number of likely N-dealkylation sites (tertiary alicyclic amines) is 1. The zero-order valence-corrected chi connectivity index (χ0v) is 52.7. The third kappa shape index (κ3) is 14.8. The standard InChI is InChI=1S/C61H96N10O6.C5H9NO/c1-10-26-68(45-17-14-18-45)40-48-19-15-28-70(48)56(43(3)4)58(74)64-53(59(75)71-29-16-25-61(71,8)62)20-12-13-27-65(34-35-72)47-23-24-54-50(36-47)52(38-60(6,7)41-77-42-73)57(69(54)11-2)51-37-49(39-63-55(51)44(5)76-9)67-32-30-66(31-33-67)46-21-22-46;1-5(2-6-1)3-7-4-5/h16,23-25,36-37,39,42-46,48,53,56,72H,10-15,17-22,26-35,38,40-41,62H2,1-9H3,(H,64,74);6H,1-4H2. The third-order valence-electron chi connectivity index (χ3n) is 19.5. The quantitative estimate of drug-likeness (QED) is 0.0307. The normalized spacial score (nSPS) is 22.8. The highest BCUT2D eigenvalue weighted by atomic mass is 16.5. The van der Waals surface area contributed by atoms with E-state index in [9.17, 15) is 19.5 Å². The molecule has 2 saturated carbocycles. The Morgan fingerprint density at radius 2 is 1.76 bits per heavy atom. The molecule has 10 rings (SSSR count). The lowest BCUT2D eigenvalue weighted by Crippen LogP contribution is -2.64. The second kappa shape index (κ2) is 28.4. The summed E-state index contributed by atoms with van der Waals surface area (Å²) in [6.45, 7) is 31.1. The molecule has 2 amide bonds. The zero-order valence-electron chi connectivity index (χ0n) is 52.7. The van der Waals surface area contributed by atoms with Crippen LogP contribution in [-0.2, 0) is 41.6 Å². The Bertz CT molecular complexity index is 2670. The molecule has 0 bridgehead atoms. The summed E-state index contributed by atoms with van der Waals surface area (Å²) in [5.41, 5.74) is 13.3. The van der Waals surface area contributed by atoms with Gasteiger partial charge in [-0.05, 0) is 146 Å². The molecule has 84 heavy (non-hydrogen) atoms. The number of hydrogen-bond acceptors (Lipinski definition) is 15. The molecule has 5 unspecified atom stereocenters. The van der Waals surface area contributed by atoms with Gasteiger partial charge in [0, 0.05) is 130 Å². The van der Waals surface area contributed by atoms with Crippen LogP contribution in [0.15, 0.2) is 42.6 Å². The van der Waals surface area contributed by atoms with E-state index >= 15 is 0 Å². The fourth-order valence-electron chi connectivity index (χ4n) is 14.2. The van der Waals surface area contributed by atoms with Crippen LogP contribution in [0, 0.1) is 16.7 Å². The van der Waals surface area contributed by atoms with Gasteiger partial charge in [0.05, 0.1) is 61.8 Å². The van der Waals surface area contributed by atoms with Crippen molar-refractivity contribution in [2.75, 3.05) is 122 Å². The molecule has 18 nitrogen and oxygen atoms in total. The molecule has 4 saturated heterocycles. The first-order valence-corrected chi connectivity index (χ1v) is 32.4. The van der Waals surface area contributed by atoms with Gasteiger partial charge in [0.2, 0.25) is 11.8 Å². The predicted molar refractivity (Wildman–Crippen MR) is 335 cm³/mol. The minimum absolute atomic E-state index is 0.0347. The largest absolute Gasteiger partial charge is 0.467 e. The molecule has 3 aromatic rings. The lowest BCUT2D eigenvalue weighted by molar-refractivity contribution is -0.141. The summed E-state index contributed by atoms with van der Waals surface area (Å²) >= 11 is 0. The van der Waals surface area contributed by atoms with E-state index in [1.807, 2.05) is 25.3 Å². The maximum absolute atomic E-state index is 14.8. The molecule has 6 fully saturated rings. The van der Waals surface area contributed by atoms with E-state index in [1.165, 1.54) is 45.2 Å². The van der Waals surface area contributed by atoms with E-state index in [4.69, 9.17) is 24.9 Å². The topological polar surface area (TPSA) is 186 Å². The fourth-order valence-corrected chi connectivity index (χ4v) is 14.2. The van der Waals surface area contributed by atoms with Gasteiger partial charge in [-0.2, -0.15) is 0 Å². The number of carbonyl (C=O) groups is 3. The van der Waals surface area contributed by atoms with E-state index in [-0.39, 0.29) is 43.1 Å². The molecule has 5 atom stereocenters. The lowest BCUT2D eigenvalue weighted by Gasteiger charge is -2.48. The number of piperazine rings is 1. The van der Waals surface area contributed by atoms with Crippen molar-refractivity contribution in [3.63, 3.8) is 0 Å². The summed E-state index contributed by atoms with van der Waals surface area (Å²) in [7, 11) is 1.73. The Kier molecular flexibility index (Phi) is 21.6. The number of amides is 2. The number of aryl methyl sites for hydroxylation is 1. The average Bonchev–Trinajstić information content (AvgIpc) is 2.28. The highest BCUT2D eigenvalue weighted by Crippen LogP contribution is 2.43. The van der Waals surface area contributed by atoms with Crippen LogP contribution in [0.4, 0.5) is 11.4 Å². The molecule has 0 radical (unpaired) electrons. The number of rotatable bonds is 29. The van der Waals surface area contributed by atoms with Crippen molar-refractivity contribution < 1.29 is 33.7 Å². The second-order valence-corrected chi connectivity index (χ2v) is 27.0. The van der Waals surface area contributed by atoms with Crippen LogP contribution in [0.2, 0.25) is 0 Å². The van der Waals surface area contributed by atoms with Crippen LogP contribution in [0.5, 0.6) is 0 Å². The Hall–Kier alpha value is -4.66. The zero-order chi connectivity index (χ0) is 59.8. The number of nitrogens with one attached hydrogen (secondary N) is 2. The van der Waals surface area contributed by atoms with Gasteiger partial charge in [-0.1, -0.05) is 47.1 Å². The van der Waals surface area contributed by atoms with Crippen LogP contribution < -0.4 is 26.2 Å². The number of methoxy groups -OCH3 is 1. The van der Waals surface area contributed by atoms with Crippen LogP contribution in [0.3, 0.4) is 0 Å². The highest BCUT2D eigenvalue weighted by Gasteiger charge is 2.44. The number of aliphatic hydroxyl groups is 1. The van der Waals surface area contributed by atoms with Crippen molar-refractivity contribution in [1.29, 1.82) is 0 Å². The number of fused-ring (bicyclic) bond motifs is 1. The van der Waals surface area contributed by atoms with Gasteiger partial charge in [0.25, 0.3) is 6.47 Å². The van der Waals surface area contributed by atoms with Crippen molar-refractivity contribution in [2.24, 2.45) is 22.5 Å². The number of nitrogens with zero attached hydrogens (tertiary/aromatic N) is 8. The fraction of sp³-hybridized carbons (Fsp3) is 0.727. The number of unbranched alkanes of at least 4 members (excludes halogenated alkanes) is 1. The molecular formula is C66H105N11O7. The highest BCUT2D eigenvalue weighted by molar-refractivity contribution is 5.95. The first-order valence-electron chi connectivity index (χ1n) is 32.4. The van der Waals surface area contributed by atoms with Gasteiger partial charge in [-0.25, -0.2) is 0 Å². The SMILES string of the molecule is C1NCC12COC2.CCCN(CC1CCCN1C(C(=O)NC(CCCCN(CCO)c1ccc2c(c1)c(CC(C)(C)COC=O)c(-c1cc(N3CCN(C4CC4)CC3)cnc1C(C)OC)n2CC)C(=O)N1CC=CC1(C)N)C(C)C)C1CCC1. The first-order chi connectivity index (χ1) is 40.4. The molecule has 18 heteroatoms. The second-order valence-electron chi connectivity index (χ2n) is 27.0. The van der Waals surface area contributed by atoms with Gasteiger partial charge in [0.15, 0.2) is 0 Å². The number of ether oxygens (including phenoxy) is 3. The monoisotopic (exact) mass is 1160 g/mol. The lowest BCUT2D eigenvalue weighted by atomic mass is 9.80. The van der Waals surface area contributed by atoms with Gasteiger partial charge in [-0.3, -0.25) is 34.1 Å². The molecule has 5 aliphatic heterocycles. The van der Waals surface area contributed by atoms with Gasteiger partial charge >= 0.3 is 0 Å². The van der Waals surface area contributed by atoms with Gasteiger partial charge in [-0.15, -0.1) is 0 Å². The minimum Gasteiger partial charge on any atom is -0.467 e. The number of pyridine rings is 1. The summed E-state index contributed by atoms with van der Waals surface area (Å²) in [6, 6.07) is 9.55. The number of carbonyl (C=O) groups excluding carboxylic acids is 3. The van der Waals surface area contributed by atoms with Crippen LogP contribution in [-0.4, -0.2) is 200 Å². The molecule has 2 aliphatic carbocycles. The number of aromatic nitrogens is 2. The summed E-state index contributed by atoms with van der Waals surface area (Å²) in [4.78, 5) is 60.3. The van der Waals surface area contributed by atoms with Crippen molar-refractivity contribution >= 4 is 40.6 Å².